The zero-order chi connectivity index (χ0) is 18.3. The predicted molar refractivity (Wildman–Crippen MR) is 105 cm³/mol. The van der Waals surface area contributed by atoms with E-state index in [0.29, 0.717) is 0 Å². The monoisotopic (exact) mass is 350 g/mol. The van der Waals surface area contributed by atoms with E-state index in [4.69, 9.17) is 0 Å². The molecule has 1 rings (SSSR count). The van der Waals surface area contributed by atoms with Gasteiger partial charge in [0.1, 0.15) is 5.75 Å². The van der Waals surface area contributed by atoms with Gasteiger partial charge in [-0.3, -0.25) is 0 Å². The lowest BCUT2D eigenvalue weighted by atomic mass is 9.96. The van der Waals surface area contributed by atoms with Crippen molar-refractivity contribution in [1.29, 1.82) is 0 Å². The van der Waals surface area contributed by atoms with Gasteiger partial charge < -0.3 is 10.2 Å². The lowest BCUT2D eigenvalue weighted by Crippen LogP contribution is -2.33. The first kappa shape index (κ1) is 21.8. The fourth-order valence-corrected chi connectivity index (χ4v) is 3.42. The maximum atomic E-state index is 9.75. The van der Waals surface area contributed by atoms with Crippen LogP contribution >= 0.6 is 0 Å². The lowest BCUT2D eigenvalue weighted by Gasteiger charge is -2.10. The Labute approximate surface area is 155 Å². The lowest BCUT2D eigenvalue weighted by molar-refractivity contribution is -0.703. The minimum atomic E-state index is 0.114. The minimum Gasteiger partial charge on any atom is -0.507 e. The van der Waals surface area contributed by atoms with Crippen molar-refractivity contribution in [3.8, 4) is 11.6 Å². The first-order valence-electron chi connectivity index (χ1n) is 10.5. The summed E-state index contributed by atoms with van der Waals surface area (Å²) in [6, 6.07) is 3.01. The van der Waals surface area contributed by atoms with Gasteiger partial charge in [0, 0.05) is 12.5 Å². The van der Waals surface area contributed by atoms with Gasteiger partial charge in [-0.15, -0.1) is 0 Å². The van der Waals surface area contributed by atoms with Gasteiger partial charge in [-0.25, -0.2) is 0 Å². The smallest absolute Gasteiger partial charge is 0.369 e. The van der Waals surface area contributed by atoms with Gasteiger partial charge in [-0.05, 0) is 12.3 Å². The molecule has 2 N–H and O–H groups in total. The van der Waals surface area contributed by atoms with Gasteiger partial charge in [0.25, 0.3) is 0 Å². The molecule has 0 aliphatic heterocycles. The topological polar surface area (TPSA) is 44.3 Å². The Morgan fingerprint density at radius 3 is 2.00 bits per heavy atom. The van der Waals surface area contributed by atoms with Crippen molar-refractivity contribution in [3.63, 3.8) is 0 Å². The normalized spacial score (nSPS) is 12.4. The third-order valence-corrected chi connectivity index (χ3v) is 5.14. The van der Waals surface area contributed by atoms with E-state index in [1.54, 1.807) is 16.8 Å². The third-order valence-electron chi connectivity index (χ3n) is 5.14. The van der Waals surface area contributed by atoms with Crippen molar-refractivity contribution in [2.45, 2.75) is 104 Å². The van der Waals surface area contributed by atoms with Crippen LogP contribution in [0.1, 0.15) is 97.3 Å². The van der Waals surface area contributed by atoms with E-state index < -0.39 is 0 Å². The van der Waals surface area contributed by atoms with Crippen LogP contribution in [0.15, 0.2) is 18.3 Å². The van der Waals surface area contributed by atoms with Gasteiger partial charge in [0.2, 0.25) is 0 Å². The quantitative estimate of drug-likeness (QED) is 0.296. The van der Waals surface area contributed by atoms with Gasteiger partial charge in [-0.1, -0.05) is 84.5 Å². The van der Waals surface area contributed by atoms with Crippen LogP contribution in [0.25, 0.3) is 0 Å². The zero-order valence-electron chi connectivity index (χ0n) is 16.6. The maximum absolute atomic E-state index is 9.75. The van der Waals surface area contributed by atoms with E-state index >= 15 is 0 Å². The summed E-state index contributed by atoms with van der Waals surface area (Å²) in [6.45, 7) is 5.46. The Hall–Kier alpha value is -1.25. The summed E-state index contributed by atoms with van der Waals surface area (Å²) >= 11 is 0. The van der Waals surface area contributed by atoms with Crippen molar-refractivity contribution < 1.29 is 14.8 Å². The molecule has 1 aromatic heterocycles. The highest BCUT2D eigenvalue weighted by molar-refractivity contribution is 5.19. The highest BCUT2D eigenvalue weighted by Crippen LogP contribution is 2.18. The second-order valence-corrected chi connectivity index (χ2v) is 7.65. The zero-order valence-corrected chi connectivity index (χ0v) is 16.6. The molecule has 0 spiro atoms. The van der Waals surface area contributed by atoms with Crippen LogP contribution in [0.5, 0.6) is 11.6 Å². The number of aryl methyl sites for hydroxylation is 1. The summed E-state index contributed by atoms with van der Waals surface area (Å²) < 4.78 is 1.80. The molecule has 1 aromatic rings. The molecule has 0 saturated carbocycles. The molecule has 144 valence electrons. The third kappa shape index (κ3) is 11.1. The maximum Gasteiger partial charge on any atom is 0.369 e. The fraction of sp³-hybridized carbons (Fsp3) is 0.773. The van der Waals surface area contributed by atoms with Gasteiger partial charge >= 0.3 is 5.88 Å². The first-order valence-corrected chi connectivity index (χ1v) is 10.5. The highest BCUT2D eigenvalue weighted by atomic mass is 16.3. The van der Waals surface area contributed by atoms with Crippen molar-refractivity contribution >= 4 is 0 Å². The SMILES string of the molecule is CCCCCCCCCCCC(C)CCCC[n+]1ccc(O)cc1O. The second kappa shape index (κ2) is 14.0. The molecule has 0 radical (unpaired) electrons. The summed E-state index contributed by atoms with van der Waals surface area (Å²) in [5.74, 6) is 1.06. The van der Waals surface area contributed by atoms with Crippen molar-refractivity contribution in [3.05, 3.63) is 18.3 Å². The van der Waals surface area contributed by atoms with Gasteiger partial charge in [0.15, 0.2) is 12.7 Å². The molecule has 0 bridgehead atoms. The summed E-state index contributed by atoms with van der Waals surface area (Å²) in [5, 5.41) is 19.0. The largest absolute Gasteiger partial charge is 0.507 e. The van der Waals surface area contributed by atoms with E-state index in [2.05, 4.69) is 13.8 Å². The molecule has 0 aliphatic carbocycles. The number of hydrogen-bond donors (Lipinski definition) is 2. The molecule has 0 amide bonds. The number of unbranched alkanes of at least 4 members (excludes halogenated alkanes) is 9. The Bertz CT molecular complexity index is 448. The van der Waals surface area contributed by atoms with Gasteiger partial charge in [0.05, 0.1) is 6.07 Å². The number of nitrogens with zero attached hydrogens (tertiary/aromatic N) is 1. The summed E-state index contributed by atoms with van der Waals surface area (Å²) in [7, 11) is 0. The molecule has 3 nitrogen and oxygen atoms in total. The summed E-state index contributed by atoms with van der Waals surface area (Å²) in [6.07, 6.45) is 19.3. The summed E-state index contributed by atoms with van der Waals surface area (Å²) in [5.41, 5.74) is 0. The van der Waals surface area contributed by atoms with E-state index in [-0.39, 0.29) is 11.6 Å². The Kier molecular flexibility index (Phi) is 12.2. The first-order chi connectivity index (χ1) is 12.1. The Balaban J connectivity index is 1.94. The second-order valence-electron chi connectivity index (χ2n) is 7.65. The Morgan fingerprint density at radius 1 is 0.840 bits per heavy atom. The number of rotatable bonds is 15. The standard InChI is InChI=1S/C22H39NO2/c1-3-4-5-6-7-8-9-10-11-14-20(2)15-12-13-17-23-18-16-21(24)19-22(23)25/h16,18-20H,3-15,17H2,1-2H3,(H,24,25)/p+1. The minimum absolute atomic E-state index is 0.114. The van der Waals surface area contributed by atoms with Crippen LogP contribution in [-0.2, 0) is 6.54 Å². The molecule has 1 heterocycles. The summed E-state index contributed by atoms with van der Waals surface area (Å²) in [4.78, 5) is 0. The highest BCUT2D eigenvalue weighted by Gasteiger charge is 2.10. The molecule has 0 saturated heterocycles. The van der Waals surface area contributed by atoms with Crippen LogP contribution in [-0.4, -0.2) is 10.2 Å². The van der Waals surface area contributed by atoms with Crippen LogP contribution in [0.4, 0.5) is 0 Å². The van der Waals surface area contributed by atoms with Crippen molar-refractivity contribution in [2.24, 2.45) is 5.92 Å². The van der Waals surface area contributed by atoms with Crippen molar-refractivity contribution in [2.75, 3.05) is 0 Å². The molecule has 0 aromatic carbocycles. The average Bonchev–Trinajstić information content (AvgIpc) is 2.59. The van der Waals surface area contributed by atoms with Crippen molar-refractivity contribution in [1.82, 2.24) is 0 Å². The number of aromatic hydroxyl groups is 2. The molecule has 0 fully saturated rings. The van der Waals surface area contributed by atoms with Crippen LogP contribution in [0.2, 0.25) is 0 Å². The number of hydrogen-bond acceptors (Lipinski definition) is 2. The molecular formula is C22H40NO2+. The number of pyridine rings is 1. The molecular weight excluding hydrogens is 310 g/mol. The molecule has 0 aliphatic rings. The number of aromatic nitrogens is 1. The van der Waals surface area contributed by atoms with E-state index in [0.717, 1.165) is 18.9 Å². The van der Waals surface area contributed by atoms with E-state index in [1.165, 1.54) is 83.1 Å². The Morgan fingerprint density at radius 2 is 1.40 bits per heavy atom. The molecule has 25 heavy (non-hydrogen) atoms. The van der Waals surface area contributed by atoms with Crippen LogP contribution in [0, 0.1) is 5.92 Å². The van der Waals surface area contributed by atoms with Gasteiger partial charge in [-0.2, -0.15) is 4.57 Å². The predicted octanol–water partition coefficient (Wildman–Crippen LogP) is 6.11. The van der Waals surface area contributed by atoms with E-state index in [1.807, 2.05) is 0 Å². The van der Waals surface area contributed by atoms with Crippen LogP contribution < -0.4 is 4.57 Å². The van der Waals surface area contributed by atoms with Crippen LogP contribution in [0.3, 0.4) is 0 Å². The molecule has 1 unspecified atom stereocenters. The molecule has 3 heteroatoms. The molecule has 1 atom stereocenters. The average molecular weight is 351 g/mol. The van der Waals surface area contributed by atoms with E-state index in [9.17, 15) is 10.2 Å². The fourth-order valence-electron chi connectivity index (χ4n) is 3.42.